The van der Waals surface area contributed by atoms with E-state index in [9.17, 15) is 4.79 Å². The summed E-state index contributed by atoms with van der Waals surface area (Å²) < 4.78 is 5.43. The second kappa shape index (κ2) is 8.19. The first kappa shape index (κ1) is 20.8. The van der Waals surface area contributed by atoms with Crippen molar-refractivity contribution in [2.45, 2.75) is 59.5 Å². The maximum absolute atomic E-state index is 13.1. The fourth-order valence-corrected chi connectivity index (χ4v) is 3.13. The Morgan fingerprint density at radius 2 is 1.79 bits per heavy atom. The second-order valence-corrected chi connectivity index (χ2v) is 8.74. The fourth-order valence-electron chi connectivity index (χ4n) is 3.13. The minimum absolute atomic E-state index is 0.000822. The summed E-state index contributed by atoms with van der Waals surface area (Å²) in [5, 5.41) is 4.09. The van der Waals surface area contributed by atoms with Crippen LogP contribution in [0.25, 0.3) is 11.4 Å². The topological polar surface area (TPSA) is 59.2 Å². The van der Waals surface area contributed by atoms with Crippen molar-refractivity contribution in [2.75, 3.05) is 0 Å². The van der Waals surface area contributed by atoms with Gasteiger partial charge in [0.2, 0.25) is 11.7 Å². The third-order valence-corrected chi connectivity index (χ3v) is 4.93. The van der Waals surface area contributed by atoms with Crippen molar-refractivity contribution in [3.63, 3.8) is 0 Å². The van der Waals surface area contributed by atoms with Gasteiger partial charge in [0, 0.05) is 17.2 Å². The van der Waals surface area contributed by atoms with Gasteiger partial charge < -0.3 is 9.42 Å². The highest BCUT2D eigenvalue weighted by atomic mass is 16.5. The van der Waals surface area contributed by atoms with Crippen LogP contribution in [0.4, 0.5) is 0 Å². The molecule has 5 nitrogen and oxygen atoms in total. The molecule has 0 spiro atoms. The van der Waals surface area contributed by atoms with E-state index >= 15 is 0 Å². The molecule has 0 fully saturated rings. The molecule has 0 radical (unpaired) electrons. The average Bonchev–Trinajstić information content (AvgIpc) is 3.13. The van der Waals surface area contributed by atoms with Crippen LogP contribution in [0.2, 0.25) is 0 Å². The van der Waals surface area contributed by atoms with Crippen LogP contribution in [0.5, 0.6) is 0 Å². The molecule has 1 amide bonds. The molecular weight excluding hydrogens is 362 g/mol. The van der Waals surface area contributed by atoms with E-state index in [2.05, 4.69) is 30.9 Å². The molecule has 0 aliphatic rings. The summed E-state index contributed by atoms with van der Waals surface area (Å²) in [4.78, 5) is 19.4. The lowest BCUT2D eigenvalue weighted by Gasteiger charge is -2.26. The first-order valence-electron chi connectivity index (χ1n) is 9.96. The van der Waals surface area contributed by atoms with Crippen molar-refractivity contribution >= 4 is 5.91 Å². The number of hydrogen-bond donors (Lipinski definition) is 0. The molecule has 0 unspecified atom stereocenters. The standard InChI is InChI=1S/C24H29N3O2/c1-16(2)27(23(28)18-10-12-20(13-11-18)24(4,5)6)15-21-25-22(26-29-21)19-9-7-8-17(3)14-19/h7-14,16H,15H2,1-6H3. The van der Waals surface area contributed by atoms with Gasteiger partial charge in [-0.15, -0.1) is 0 Å². The third kappa shape index (κ3) is 4.91. The number of aryl methyl sites for hydroxylation is 1. The first-order chi connectivity index (χ1) is 13.6. The van der Waals surface area contributed by atoms with E-state index in [-0.39, 0.29) is 23.9 Å². The van der Waals surface area contributed by atoms with Crippen LogP contribution in [0.1, 0.15) is 62.0 Å². The number of carbonyl (C=O) groups is 1. The zero-order valence-corrected chi connectivity index (χ0v) is 18.1. The Hall–Kier alpha value is -2.95. The van der Waals surface area contributed by atoms with Gasteiger partial charge in [0.15, 0.2) is 0 Å². The number of aromatic nitrogens is 2. The van der Waals surface area contributed by atoms with Crippen LogP contribution in [0.15, 0.2) is 53.1 Å². The minimum Gasteiger partial charge on any atom is -0.337 e. The summed E-state index contributed by atoms with van der Waals surface area (Å²) in [5.74, 6) is 0.917. The van der Waals surface area contributed by atoms with Gasteiger partial charge in [-0.2, -0.15) is 4.98 Å². The Bertz CT molecular complexity index is 982. The summed E-state index contributed by atoms with van der Waals surface area (Å²) in [6.45, 7) is 12.7. The molecule has 5 heteroatoms. The Labute approximate surface area is 172 Å². The highest BCUT2D eigenvalue weighted by Crippen LogP contribution is 2.23. The molecule has 0 atom stereocenters. The van der Waals surface area contributed by atoms with Gasteiger partial charge in [-0.1, -0.05) is 61.8 Å². The highest BCUT2D eigenvalue weighted by Gasteiger charge is 2.23. The smallest absolute Gasteiger partial charge is 0.254 e. The number of rotatable bonds is 5. The van der Waals surface area contributed by atoms with Crippen LogP contribution in [0.3, 0.4) is 0 Å². The Balaban J connectivity index is 1.79. The van der Waals surface area contributed by atoms with E-state index in [0.29, 0.717) is 17.3 Å². The molecule has 152 valence electrons. The molecule has 0 saturated carbocycles. The molecule has 2 aromatic carbocycles. The van der Waals surface area contributed by atoms with Crippen LogP contribution in [-0.2, 0) is 12.0 Å². The van der Waals surface area contributed by atoms with E-state index in [1.807, 2.05) is 69.3 Å². The monoisotopic (exact) mass is 391 g/mol. The van der Waals surface area contributed by atoms with Crippen LogP contribution >= 0.6 is 0 Å². The van der Waals surface area contributed by atoms with Gasteiger partial charge in [-0.25, -0.2) is 0 Å². The molecule has 0 aliphatic carbocycles. The van der Waals surface area contributed by atoms with Gasteiger partial charge in [0.25, 0.3) is 5.91 Å². The Morgan fingerprint density at radius 3 is 2.38 bits per heavy atom. The van der Waals surface area contributed by atoms with Gasteiger partial charge in [-0.05, 0) is 49.9 Å². The molecule has 0 bridgehead atoms. The number of nitrogens with zero attached hydrogens (tertiary/aromatic N) is 3. The van der Waals surface area contributed by atoms with Crippen molar-refractivity contribution in [1.82, 2.24) is 15.0 Å². The van der Waals surface area contributed by atoms with Crippen LogP contribution in [0, 0.1) is 6.92 Å². The maximum atomic E-state index is 13.1. The lowest BCUT2D eigenvalue weighted by molar-refractivity contribution is 0.0667. The molecule has 1 heterocycles. The summed E-state index contributed by atoms with van der Waals surface area (Å²) in [5.41, 5.74) is 3.94. The Morgan fingerprint density at radius 1 is 1.10 bits per heavy atom. The molecule has 0 saturated heterocycles. The van der Waals surface area contributed by atoms with E-state index in [1.54, 1.807) is 4.90 Å². The summed E-state index contributed by atoms with van der Waals surface area (Å²) in [6, 6.07) is 15.8. The predicted molar refractivity (Wildman–Crippen MR) is 115 cm³/mol. The molecule has 0 N–H and O–H groups in total. The number of carbonyl (C=O) groups excluding carboxylic acids is 1. The highest BCUT2D eigenvalue weighted by molar-refractivity contribution is 5.94. The van der Waals surface area contributed by atoms with Gasteiger partial charge in [-0.3, -0.25) is 4.79 Å². The lowest BCUT2D eigenvalue weighted by atomic mass is 9.86. The van der Waals surface area contributed by atoms with Crippen LogP contribution in [-0.4, -0.2) is 27.0 Å². The van der Waals surface area contributed by atoms with E-state index < -0.39 is 0 Å². The molecular formula is C24H29N3O2. The van der Waals surface area contributed by atoms with Crippen molar-refractivity contribution in [2.24, 2.45) is 0 Å². The minimum atomic E-state index is -0.0456. The van der Waals surface area contributed by atoms with Crippen molar-refractivity contribution in [3.05, 3.63) is 71.1 Å². The SMILES string of the molecule is Cc1cccc(-c2noc(CN(C(=O)c3ccc(C(C)(C)C)cc3)C(C)C)n2)c1. The molecule has 3 rings (SSSR count). The van der Waals surface area contributed by atoms with Crippen molar-refractivity contribution in [1.29, 1.82) is 0 Å². The molecule has 1 aromatic heterocycles. The molecule has 29 heavy (non-hydrogen) atoms. The summed E-state index contributed by atoms with van der Waals surface area (Å²) >= 11 is 0. The van der Waals surface area contributed by atoms with Gasteiger partial charge in [0.05, 0.1) is 0 Å². The Kier molecular flexibility index (Phi) is 5.87. The summed E-state index contributed by atoms with van der Waals surface area (Å²) in [6.07, 6.45) is 0. The third-order valence-electron chi connectivity index (χ3n) is 4.93. The zero-order chi connectivity index (χ0) is 21.2. The average molecular weight is 392 g/mol. The largest absolute Gasteiger partial charge is 0.337 e. The molecule has 0 aliphatic heterocycles. The lowest BCUT2D eigenvalue weighted by Crippen LogP contribution is -2.36. The van der Waals surface area contributed by atoms with E-state index in [0.717, 1.165) is 11.1 Å². The number of hydrogen-bond acceptors (Lipinski definition) is 4. The van der Waals surface area contributed by atoms with E-state index in [1.165, 1.54) is 5.56 Å². The van der Waals surface area contributed by atoms with Crippen LogP contribution < -0.4 is 0 Å². The molecule has 3 aromatic rings. The zero-order valence-electron chi connectivity index (χ0n) is 18.1. The summed E-state index contributed by atoms with van der Waals surface area (Å²) in [7, 11) is 0. The van der Waals surface area contributed by atoms with E-state index in [4.69, 9.17) is 4.52 Å². The maximum Gasteiger partial charge on any atom is 0.254 e. The quantitative estimate of drug-likeness (QED) is 0.585. The predicted octanol–water partition coefficient (Wildman–Crippen LogP) is 5.39. The number of benzene rings is 2. The van der Waals surface area contributed by atoms with Crippen molar-refractivity contribution < 1.29 is 9.32 Å². The number of amides is 1. The second-order valence-electron chi connectivity index (χ2n) is 8.74. The van der Waals surface area contributed by atoms with Gasteiger partial charge in [0.1, 0.15) is 6.54 Å². The van der Waals surface area contributed by atoms with Crippen molar-refractivity contribution in [3.8, 4) is 11.4 Å². The first-order valence-corrected chi connectivity index (χ1v) is 9.96. The normalized spacial score (nSPS) is 11.7. The van der Waals surface area contributed by atoms with Gasteiger partial charge >= 0.3 is 0 Å². The fraction of sp³-hybridized carbons (Fsp3) is 0.375.